The third kappa shape index (κ3) is 5.57. The lowest BCUT2D eigenvalue weighted by Gasteiger charge is -2.35. The van der Waals surface area contributed by atoms with E-state index in [2.05, 4.69) is 15.5 Å². The van der Waals surface area contributed by atoms with Crippen LogP contribution >= 0.6 is 0 Å². The fraction of sp³-hybridized carbons (Fsp3) is 0.938. The van der Waals surface area contributed by atoms with Crippen molar-refractivity contribution < 1.29 is 9.90 Å². The number of likely N-dealkylation sites (tertiary alicyclic amines) is 1. The van der Waals surface area contributed by atoms with Gasteiger partial charge in [-0.15, -0.1) is 0 Å². The summed E-state index contributed by atoms with van der Waals surface area (Å²) >= 11 is 0. The minimum absolute atomic E-state index is 0.0670. The van der Waals surface area contributed by atoms with Gasteiger partial charge in [0.1, 0.15) is 0 Å². The fourth-order valence-electron chi connectivity index (χ4n) is 3.57. The molecule has 122 valence electrons. The normalized spacial score (nSPS) is 31.0. The Kier molecular flexibility index (Phi) is 6.93. The zero-order valence-electron chi connectivity index (χ0n) is 13.3. The first-order valence-electron chi connectivity index (χ1n) is 8.52. The first kappa shape index (κ1) is 16.7. The number of carbonyl (C=O) groups is 1. The molecule has 0 aromatic carbocycles. The number of piperidine rings is 1. The first-order chi connectivity index (χ1) is 10.2. The van der Waals surface area contributed by atoms with Gasteiger partial charge in [0.2, 0.25) is 5.91 Å². The molecule has 3 N–H and O–H groups in total. The maximum Gasteiger partial charge on any atom is 0.233 e. The van der Waals surface area contributed by atoms with Crippen LogP contribution in [-0.2, 0) is 4.79 Å². The average Bonchev–Trinajstić information content (AvgIpc) is 2.51. The standard InChI is InChI=1S/C16H31N3O2/c1-17-16(21)12-19-9-3-2-4-14(19)11-18-10-13-5-7-15(20)8-6-13/h13-15,18,20H,2-12H2,1H3,(H,17,21). The molecule has 0 aromatic heterocycles. The maximum absolute atomic E-state index is 11.6. The minimum atomic E-state index is -0.0670. The van der Waals surface area contributed by atoms with E-state index in [0.29, 0.717) is 18.5 Å². The van der Waals surface area contributed by atoms with Crippen molar-refractivity contribution in [1.29, 1.82) is 0 Å². The number of carbonyl (C=O) groups excluding carboxylic acids is 1. The van der Waals surface area contributed by atoms with E-state index >= 15 is 0 Å². The second-order valence-corrected chi connectivity index (χ2v) is 6.63. The van der Waals surface area contributed by atoms with Crippen LogP contribution in [0.15, 0.2) is 0 Å². The molecule has 0 radical (unpaired) electrons. The molecule has 2 rings (SSSR count). The van der Waals surface area contributed by atoms with Crippen LogP contribution < -0.4 is 10.6 Å². The van der Waals surface area contributed by atoms with Crippen molar-refractivity contribution in [3.63, 3.8) is 0 Å². The van der Waals surface area contributed by atoms with Gasteiger partial charge >= 0.3 is 0 Å². The SMILES string of the molecule is CNC(=O)CN1CCCCC1CNCC1CCC(O)CC1. The number of hydrogen-bond donors (Lipinski definition) is 3. The molecule has 1 unspecified atom stereocenters. The number of aliphatic hydroxyl groups is 1. The van der Waals surface area contributed by atoms with E-state index in [0.717, 1.165) is 45.3 Å². The molecule has 1 heterocycles. The molecule has 1 saturated carbocycles. The summed E-state index contributed by atoms with van der Waals surface area (Å²) in [6.45, 7) is 3.60. The number of nitrogens with zero attached hydrogens (tertiary/aromatic N) is 1. The minimum Gasteiger partial charge on any atom is -0.393 e. The molecule has 5 heteroatoms. The molecule has 0 aromatic rings. The van der Waals surface area contributed by atoms with Crippen molar-refractivity contribution in [2.24, 2.45) is 5.92 Å². The van der Waals surface area contributed by atoms with Crippen molar-refractivity contribution in [3.8, 4) is 0 Å². The van der Waals surface area contributed by atoms with E-state index in [4.69, 9.17) is 0 Å². The van der Waals surface area contributed by atoms with Crippen molar-refractivity contribution in [2.45, 2.75) is 57.1 Å². The monoisotopic (exact) mass is 297 g/mol. The van der Waals surface area contributed by atoms with Crippen LogP contribution in [0.1, 0.15) is 44.9 Å². The fourth-order valence-corrected chi connectivity index (χ4v) is 3.57. The van der Waals surface area contributed by atoms with Gasteiger partial charge in [0.15, 0.2) is 0 Å². The largest absolute Gasteiger partial charge is 0.393 e. The van der Waals surface area contributed by atoms with Gasteiger partial charge in [0, 0.05) is 19.6 Å². The van der Waals surface area contributed by atoms with Crippen LogP contribution in [0.25, 0.3) is 0 Å². The lowest BCUT2D eigenvalue weighted by molar-refractivity contribution is -0.122. The summed E-state index contributed by atoms with van der Waals surface area (Å²) in [6, 6.07) is 0.491. The second-order valence-electron chi connectivity index (χ2n) is 6.63. The summed E-state index contributed by atoms with van der Waals surface area (Å²) in [7, 11) is 1.71. The van der Waals surface area contributed by atoms with Crippen LogP contribution in [0.5, 0.6) is 0 Å². The Labute approximate surface area is 128 Å². The highest BCUT2D eigenvalue weighted by atomic mass is 16.3. The summed E-state index contributed by atoms with van der Waals surface area (Å²) in [5.74, 6) is 0.826. The summed E-state index contributed by atoms with van der Waals surface area (Å²) in [6.07, 6.45) is 7.79. The van der Waals surface area contributed by atoms with Crippen molar-refractivity contribution >= 4 is 5.91 Å². The van der Waals surface area contributed by atoms with Crippen LogP contribution in [-0.4, -0.2) is 61.3 Å². The van der Waals surface area contributed by atoms with Gasteiger partial charge in [-0.25, -0.2) is 0 Å². The van der Waals surface area contributed by atoms with Crippen molar-refractivity contribution in [3.05, 3.63) is 0 Å². The highest BCUT2D eigenvalue weighted by Crippen LogP contribution is 2.23. The summed E-state index contributed by atoms with van der Waals surface area (Å²) < 4.78 is 0. The van der Waals surface area contributed by atoms with Gasteiger partial charge in [0.25, 0.3) is 0 Å². The zero-order valence-corrected chi connectivity index (χ0v) is 13.3. The molecule has 0 spiro atoms. The molecule has 0 bridgehead atoms. The van der Waals surface area contributed by atoms with Gasteiger partial charge in [-0.05, 0) is 57.5 Å². The molecule has 1 atom stereocenters. The van der Waals surface area contributed by atoms with Crippen molar-refractivity contribution in [1.82, 2.24) is 15.5 Å². The number of hydrogen-bond acceptors (Lipinski definition) is 4. The van der Waals surface area contributed by atoms with Gasteiger partial charge in [-0.1, -0.05) is 6.42 Å². The summed E-state index contributed by atoms with van der Waals surface area (Å²) in [5, 5.41) is 15.9. The van der Waals surface area contributed by atoms with Crippen LogP contribution in [0.2, 0.25) is 0 Å². The Morgan fingerprint density at radius 2 is 1.90 bits per heavy atom. The van der Waals surface area contributed by atoms with Crippen molar-refractivity contribution in [2.75, 3.05) is 33.2 Å². The summed E-state index contributed by atoms with van der Waals surface area (Å²) in [4.78, 5) is 13.9. The Morgan fingerprint density at radius 3 is 2.62 bits per heavy atom. The zero-order chi connectivity index (χ0) is 15.1. The molecule has 2 aliphatic rings. The molecular weight excluding hydrogens is 266 g/mol. The molecule has 2 fully saturated rings. The highest BCUT2D eigenvalue weighted by molar-refractivity contribution is 5.77. The predicted molar refractivity (Wildman–Crippen MR) is 84.1 cm³/mol. The molecule has 5 nitrogen and oxygen atoms in total. The number of likely N-dealkylation sites (N-methyl/N-ethyl adjacent to an activating group) is 1. The molecule has 1 aliphatic carbocycles. The number of amides is 1. The highest BCUT2D eigenvalue weighted by Gasteiger charge is 2.24. The molecule has 1 saturated heterocycles. The summed E-state index contributed by atoms with van der Waals surface area (Å²) in [5.41, 5.74) is 0. The Hall–Kier alpha value is -0.650. The smallest absolute Gasteiger partial charge is 0.233 e. The third-order valence-corrected chi connectivity index (χ3v) is 5.00. The lowest BCUT2D eigenvalue weighted by Crippen LogP contribution is -2.49. The van der Waals surface area contributed by atoms with E-state index in [1.807, 2.05) is 0 Å². The average molecular weight is 297 g/mol. The molecule has 1 amide bonds. The topological polar surface area (TPSA) is 64.6 Å². The number of nitrogens with one attached hydrogen (secondary N) is 2. The van der Waals surface area contributed by atoms with Gasteiger partial charge in [-0.2, -0.15) is 0 Å². The van der Waals surface area contributed by atoms with Crippen LogP contribution in [0, 0.1) is 5.92 Å². The van der Waals surface area contributed by atoms with E-state index in [9.17, 15) is 9.90 Å². The number of rotatable bonds is 6. The first-order valence-corrected chi connectivity index (χ1v) is 8.52. The van der Waals surface area contributed by atoms with E-state index < -0.39 is 0 Å². The lowest BCUT2D eigenvalue weighted by atomic mass is 9.87. The maximum atomic E-state index is 11.6. The van der Waals surface area contributed by atoms with E-state index in [1.165, 1.54) is 19.3 Å². The van der Waals surface area contributed by atoms with Crippen LogP contribution in [0.4, 0.5) is 0 Å². The quantitative estimate of drug-likeness (QED) is 0.676. The molecule has 21 heavy (non-hydrogen) atoms. The predicted octanol–water partition coefficient (Wildman–Crippen LogP) is 0.728. The third-order valence-electron chi connectivity index (χ3n) is 5.00. The Bertz CT molecular complexity index is 317. The van der Waals surface area contributed by atoms with Gasteiger partial charge < -0.3 is 15.7 Å². The Balaban J connectivity index is 1.68. The second kappa shape index (κ2) is 8.71. The van der Waals surface area contributed by atoms with Crippen LogP contribution in [0.3, 0.4) is 0 Å². The Morgan fingerprint density at radius 1 is 1.14 bits per heavy atom. The van der Waals surface area contributed by atoms with E-state index in [1.54, 1.807) is 7.05 Å². The van der Waals surface area contributed by atoms with E-state index in [-0.39, 0.29) is 12.0 Å². The molecular formula is C16H31N3O2. The van der Waals surface area contributed by atoms with Gasteiger partial charge in [0.05, 0.1) is 12.6 Å². The molecule has 1 aliphatic heterocycles. The van der Waals surface area contributed by atoms with Gasteiger partial charge in [-0.3, -0.25) is 9.69 Å². The number of aliphatic hydroxyl groups excluding tert-OH is 1.